The molecule has 1 atom stereocenters. The number of unbranched alkanes of at least 4 members (excludes halogenated alkanes) is 3. The van der Waals surface area contributed by atoms with Gasteiger partial charge in [-0.2, -0.15) is 0 Å². The SMILES string of the molecule is COc1cc(Oc2cc(OCCCCCCOc3cc4c(cc3C)C(=O)N3CCC[C@H]3C=N4)ccc2F)cc(C)c1C. The molecule has 0 spiro atoms. The predicted molar refractivity (Wildman–Crippen MR) is 162 cm³/mol. The van der Waals surface area contributed by atoms with Gasteiger partial charge in [-0.25, -0.2) is 4.39 Å². The average molecular weight is 575 g/mol. The van der Waals surface area contributed by atoms with Crippen molar-refractivity contribution in [3.63, 3.8) is 0 Å². The first-order valence-corrected chi connectivity index (χ1v) is 14.7. The van der Waals surface area contributed by atoms with Crippen LogP contribution in [0.15, 0.2) is 47.5 Å². The summed E-state index contributed by atoms with van der Waals surface area (Å²) in [4.78, 5) is 19.5. The number of halogens is 1. The van der Waals surface area contributed by atoms with Crippen LogP contribution in [-0.4, -0.2) is 49.9 Å². The fraction of sp³-hybridized carbons (Fsp3) is 0.412. The van der Waals surface area contributed by atoms with Crippen molar-refractivity contribution in [2.24, 2.45) is 4.99 Å². The Morgan fingerprint density at radius 2 is 1.64 bits per heavy atom. The molecule has 3 aromatic rings. The van der Waals surface area contributed by atoms with Gasteiger partial charge in [0.05, 0.1) is 37.6 Å². The largest absolute Gasteiger partial charge is 0.496 e. The van der Waals surface area contributed by atoms with E-state index in [0.717, 1.165) is 67.5 Å². The van der Waals surface area contributed by atoms with Gasteiger partial charge in [0.25, 0.3) is 5.91 Å². The Kier molecular flexibility index (Phi) is 9.30. The molecule has 0 saturated carbocycles. The smallest absolute Gasteiger partial charge is 0.256 e. The molecule has 3 aromatic carbocycles. The van der Waals surface area contributed by atoms with E-state index in [0.29, 0.717) is 41.7 Å². The molecule has 1 saturated heterocycles. The number of aryl methyl sites for hydroxylation is 2. The van der Waals surface area contributed by atoms with Gasteiger partial charge in [-0.1, -0.05) is 0 Å². The second-order valence-corrected chi connectivity index (χ2v) is 11.0. The van der Waals surface area contributed by atoms with Crippen LogP contribution in [0.4, 0.5) is 10.1 Å². The fourth-order valence-electron chi connectivity index (χ4n) is 5.41. The normalized spacial score (nSPS) is 15.7. The molecule has 0 aliphatic carbocycles. The zero-order chi connectivity index (χ0) is 29.6. The van der Waals surface area contributed by atoms with Gasteiger partial charge in [0.2, 0.25) is 0 Å². The van der Waals surface area contributed by atoms with E-state index in [9.17, 15) is 9.18 Å². The number of carbonyl (C=O) groups excluding carboxylic acids is 1. The lowest BCUT2D eigenvalue weighted by Crippen LogP contribution is -2.35. The number of benzene rings is 3. The summed E-state index contributed by atoms with van der Waals surface area (Å²) in [6.45, 7) is 7.81. The number of aliphatic imine (C=N–C) groups is 1. The van der Waals surface area contributed by atoms with E-state index in [1.54, 1.807) is 25.3 Å². The van der Waals surface area contributed by atoms with Crippen molar-refractivity contribution < 1.29 is 28.1 Å². The lowest BCUT2D eigenvalue weighted by atomic mass is 10.1. The summed E-state index contributed by atoms with van der Waals surface area (Å²) in [5, 5.41) is 0. The summed E-state index contributed by atoms with van der Waals surface area (Å²) in [6, 6.07) is 12.1. The molecule has 42 heavy (non-hydrogen) atoms. The highest BCUT2D eigenvalue weighted by atomic mass is 19.1. The van der Waals surface area contributed by atoms with E-state index in [1.807, 2.05) is 50.1 Å². The second kappa shape index (κ2) is 13.3. The van der Waals surface area contributed by atoms with E-state index in [4.69, 9.17) is 18.9 Å². The van der Waals surface area contributed by atoms with Crippen LogP contribution in [-0.2, 0) is 0 Å². The maximum absolute atomic E-state index is 14.4. The summed E-state index contributed by atoms with van der Waals surface area (Å²) in [6.07, 6.45) is 7.65. The Balaban J connectivity index is 1.05. The number of fused-ring (bicyclic) bond motifs is 2. The van der Waals surface area contributed by atoms with E-state index in [1.165, 1.54) is 6.07 Å². The van der Waals surface area contributed by atoms with E-state index < -0.39 is 5.82 Å². The highest BCUT2D eigenvalue weighted by Crippen LogP contribution is 2.35. The Hall–Kier alpha value is -4.07. The zero-order valence-corrected chi connectivity index (χ0v) is 24.9. The molecule has 0 aromatic heterocycles. The topological polar surface area (TPSA) is 69.6 Å². The molecular formula is C34H39FN2O5. The van der Waals surface area contributed by atoms with Gasteiger partial charge in [0, 0.05) is 31.0 Å². The third kappa shape index (κ3) is 6.69. The minimum Gasteiger partial charge on any atom is -0.496 e. The van der Waals surface area contributed by atoms with Crippen molar-refractivity contribution in [1.82, 2.24) is 4.90 Å². The number of amides is 1. The van der Waals surface area contributed by atoms with Crippen LogP contribution in [0, 0.1) is 26.6 Å². The molecule has 222 valence electrons. The molecule has 1 amide bonds. The molecular weight excluding hydrogens is 535 g/mol. The summed E-state index contributed by atoms with van der Waals surface area (Å²) < 4.78 is 37.6. The van der Waals surface area contributed by atoms with Gasteiger partial charge >= 0.3 is 0 Å². The van der Waals surface area contributed by atoms with Crippen molar-refractivity contribution >= 4 is 17.8 Å². The van der Waals surface area contributed by atoms with Gasteiger partial charge < -0.3 is 23.8 Å². The highest BCUT2D eigenvalue weighted by molar-refractivity contribution is 6.03. The van der Waals surface area contributed by atoms with Crippen LogP contribution in [0.1, 0.15) is 65.6 Å². The minimum atomic E-state index is -0.456. The van der Waals surface area contributed by atoms with E-state index in [2.05, 4.69) is 4.99 Å². The summed E-state index contributed by atoms with van der Waals surface area (Å²) in [5.41, 5.74) is 4.32. The Morgan fingerprint density at radius 3 is 2.43 bits per heavy atom. The third-order valence-electron chi connectivity index (χ3n) is 7.98. The molecule has 7 nitrogen and oxygen atoms in total. The van der Waals surface area contributed by atoms with Crippen LogP contribution in [0.5, 0.6) is 28.7 Å². The van der Waals surface area contributed by atoms with E-state index >= 15 is 0 Å². The summed E-state index contributed by atoms with van der Waals surface area (Å²) in [7, 11) is 1.60. The Bertz CT molecular complexity index is 1470. The standard InChI is InChI=1S/C34H39FN2O5/c1-22-16-27(19-32(39-4)24(22)3)42-33-18-26(11-12-29(33)35)40-14-7-5-6-8-15-41-31-20-30-28(17-23(31)2)34(38)37-13-9-10-25(37)21-36-30/h11-12,16-21,25H,5-10,13-15H2,1-4H3/t25-/m0/s1. The molecule has 0 radical (unpaired) electrons. The van der Waals surface area contributed by atoms with Crippen LogP contribution in [0.25, 0.3) is 0 Å². The van der Waals surface area contributed by atoms with Crippen molar-refractivity contribution in [2.45, 2.75) is 65.3 Å². The molecule has 0 bridgehead atoms. The van der Waals surface area contributed by atoms with Crippen molar-refractivity contribution in [3.05, 3.63) is 70.5 Å². The van der Waals surface area contributed by atoms with Crippen LogP contribution in [0.3, 0.4) is 0 Å². The van der Waals surface area contributed by atoms with Gasteiger partial charge in [-0.05, 0) is 100 Å². The predicted octanol–water partition coefficient (Wildman–Crippen LogP) is 7.89. The monoisotopic (exact) mass is 574 g/mol. The fourth-order valence-corrected chi connectivity index (χ4v) is 5.41. The molecule has 0 unspecified atom stereocenters. The molecule has 2 aliphatic rings. The van der Waals surface area contributed by atoms with Gasteiger partial charge in [-0.3, -0.25) is 9.79 Å². The molecule has 2 aliphatic heterocycles. The molecule has 5 rings (SSSR count). The van der Waals surface area contributed by atoms with Crippen LogP contribution < -0.4 is 18.9 Å². The quantitative estimate of drug-likeness (QED) is 0.206. The van der Waals surface area contributed by atoms with Crippen molar-refractivity contribution in [2.75, 3.05) is 26.9 Å². The molecule has 8 heteroatoms. The van der Waals surface area contributed by atoms with Crippen LogP contribution in [0.2, 0.25) is 0 Å². The Morgan fingerprint density at radius 1 is 0.881 bits per heavy atom. The lowest BCUT2D eigenvalue weighted by Gasteiger charge is -2.20. The number of rotatable bonds is 12. The third-order valence-corrected chi connectivity index (χ3v) is 7.98. The highest BCUT2D eigenvalue weighted by Gasteiger charge is 2.32. The number of methoxy groups -OCH3 is 1. The number of hydrogen-bond acceptors (Lipinski definition) is 6. The first-order valence-electron chi connectivity index (χ1n) is 14.7. The van der Waals surface area contributed by atoms with Gasteiger partial charge in [0.1, 0.15) is 23.0 Å². The first-order chi connectivity index (χ1) is 20.3. The number of hydrogen-bond donors (Lipinski definition) is 0. The van der Waals surface area contributed by atoms with Gasteiger partial charge in [-0.15, -0.1) is 0 Å². The maximum atomic E-state index is 14.4. The average Bonchev–Trinajstić information content (AvgIpc) is 3.41. The minimum absolute atomic E-state index is 0.0632. The van der Waals surface area contributed by atoms with Crippen LogP contribution >= 0.6 is 0 Å². The van der Waals surface area contributed by atoms with Crippen molar-refractivity contribution in [1.29, 1.82) is 0 Å². The Labute approximate surface area is 247 Å². The first kappa shape index (κ1) is 29.4. The summed E-state index contributed by atoms with van der Waals surface area (Å²) in [5.74, 6) is 2.26. The maximum Gasteiger partial charge on any atom is 0.256 e. The van der Waals surface area contributed by atoms with Gasteiger partial charge in [0.15, 0.2) is 11.6 Å². The molecule has 0 N–H and O–H groups in total. The summed E-state index contributed by atoms with van der Waals surface area (Å²) >= 11 is 0. The molecule has 2 heterocycles. The number of carbonyl (C=O) groups is 1. The zero-order valence-electron chi connectivity index (χ0n) is 24.9. The second-order valence-electron chi connectivity index (χ2n) is 11.0. The number of nitrogens with zero attached hydrogens (tertiary/aromatic N) is 2. The lowest BCUT2D eigenvalue weighted by molar-refractivity contribution is 0.0774. The molecule has 1 fully saturated rings. The van der Waals surface area contributed by atoms with E-state index in [-0.39, 0.29) is 17.7 Å². The van der Waals surface area contributed by atoms with Crippen molar-refractivity contribution in [3.8, 4) is 28.7 Å². The number of ether oxygens (including phenoxy) is 4.